The molecule has 0 spiro atoms. The monoisotopic (exact) mass is 388 g/mol. The van der Waals surface area contributed by atoms with Crippen LogP contribution in [0.2, 0.25) is 5.02 Å². The molecule has 0 aliphatic rings. The molecule has 1 aromatic heterocycles. The molecule has 25 heavy (non-hydrogen) atoms. The van der Waals surface area contributed by atoms with Crippen LogP contribution >= 0.6 is 34.7 Å². The van der Waals surface area contributed by atoms with Crippen molar-refractivity contribution in [3.8, 4) is 11.3 Å². The van der Waals surface area contributed by atoms with Gasteiger partial charge < -0.3 is 5.32 Å². The summed E-state index contributed by atoms with van der Waals surface area (Å²) >= 11 is 9.02. The van der Waals surface area contributed by atoms with Crippen molar-refractivity contribution in [2.75, 3.05) is 5.32 Å². The summed E-state index contributed by atoms with van der Waals surface area (Å²) in [5, 5.41) is 5.31. The van der Waals surface area contributed by atoms with E-state index in [4.69, 9.17) is 11.6 Å². The number of aryl methyl sites for hydroxylation is 1. The predicted octanol–water partition coefficient (Wildman–Crippen LogP) is 5.89. The molecule has 1 amide bonds. The highest BCUT2D eigenvalue weighted by atomic mass is 35.5. The highest BCUT2D eigenvalue weighted by Gasteiger charge is 2.17. The number of amides is 1. The number of rotatable bonds is 5. The van der Waals surface area contributed by atoms with Gasteiger partial charge in [0.15, 0.2) is 4.34 Å². The van der Waals surface area contributed by atoms with Crippen LogP contribution in [0.25, 0.3) is 11.3 Å². The first-order chi connectivity index (χ1) is 12.0. The summed E-state index contributed by atoms with van der Waals surface area (Å²) in [6.07, 6.45) is 0. The highest BCUT2D eigenvalue weighted by Crippen LogP contribution is 2.31. The first-order valence-electron chi connectivity index (χ1n) is 7.77. The number of nitrogens with zero attached hydrogens (tertiary/aromatic N) is 1. The van der Waals surface area contributed by atoms with E-state index in [2.05, 4.69) is 10.3 Å². The van der Waals surface area contributed by atoms with Crippen LogP contribution in [0.5, 0.6) is 0 Å². The van der Waals surface area contributed by atoms with Crippen LogP contribution in [0.1, 0.15) is 12.5 Å². The molecule has 128 valence electrons. The Labute approximate surface area is 160 Å². The van der Waals surface area contributed by atoms with Crippen molar-refractivity contribution in [1.82, 2.24) is 4.98 Å². The fourth-order valence-corrected chi connectivity index (χ4v) is 4.36. The predicted molar refractivity (Wildman–Crippen MR) is 108 cm³/mol. The van der Waals surface area contributed by atoms with Gasteiger partial charge >= 0.3 is 0 Å². The smallest absolute Gasteiger partial charge is 0.237 e. The molecule has 0 fully saturated rings. The fourth-order valence-electron chi connectivity index (χ4n) is 2.22. The average Bonchev–Trinajstić information content (AvgIpc) is 3.07. The number of carbonyl (C=O) groups excluding carboxylic acids is 1. The number of hydrogen-bond acceptors (Lipinski definition) is 4. The van der Waals surface area contributed by atoms with Gasteiger partial charge in [-0.15, -0.1) is 11.3 Å². The largest absolute Gasteiger partial charge is 0.325 e. The Morgan fingerprint density at radius 1 is 1.24 bits per heavy atom. The summed E-state index contributed by atoms with van der Waals surface area (Å²) in [7, 11) is 0. The van der Waals surface area contributed by atoms with Gasteiger partial charge in [-0.1, -0.05) is 59.8 Å². The van der Waals surface area contributed by atoms with Crippen LogP contribution in [0, 0.1) is 6.92 Å². The van der Waals surface area contributed by atoms with Crippen LogP contribution in [0.15, 0.2) is 58.3 Å². The van der Waals surface area contributed by atoms with E-state index in [1.807, 2.05) is 61.7 Å². The lowest BCUT2D eigenvalue weighted by Gasteiger charge is -2.12. The molecule has 3 aromatic rings. The number of carbonyl (C=O) groups is 1. The Balaban J connectivity index is 1.66. The van der Waals surface area contributed by atoms with Crippen molar-refractivity contribution in [3.05, 3.63) is 64.5 Å². The molecule has 0 aliphatic carbocycles. The summed E-state index contributed by atoms with van der Waals surface area (Å²) < 4.78 is 0.879. The van der Waals surface area contributed by atoms with E-state index < -0.39 is 0 Å². The maximum atomic E-state index is 12.5. The van der Waals surface area contributed by atoms with Crippen LogP contribution in [-0.4, -0.2) is 16.1 Å². The number of thioether (sulfide) groups is 1. The number of anilines is 1. The Bertz CT molecular complexity index is 880. The Hall–Kier alpha value is -1.82. The third kappa shape index (κ3) is 4.63. The van der Waals surface area contributed by atoms with E-state index in [0.717, 1.165) is 26.8 Å². The zero-order valence-electron chi connectivity index (χ0n) is 13.8. The normalized spacial score (nSPS) is 12.0. The molecule has 2 aromatic carbocycles. The van der Waals surface area contributed by atoms with E-state index in [0.29, 0.717) is 5.02 Å². The Kier molecular flexibility index (Phi) is 5.78. The molecule has 1 unspecified atom stereocenters. The first-order valence-corrected chi connectivity index (χ1v) is 9.91. The van der Waals surface area contributed by atoms with Gasteiger partial charge in [0.05, 0.1) is 10.9 Å². The van der Waals surface area contributed by atoms with E-state index in [9.17, 15) is 4.79 Å². The number of nitrogens with one attached hydrogen (secondary N) is 1. The van der Waals surface area contributed by atoms with Crippen molar-refractivity contribution in [2.45, 2.75) is 23.4 Å². The molecule has 1 atom stereocenters. The molecule has 3 nitrogen and oxygen atoms in total. The molecule has 1 heterocycles. The minimum absolute atomic E-state index is 0.0631. The van der Waals surface area contributed by atoms with Crippen molar-refractivity contribution < 1.29 is 4.79 Å². The molecule has 0 bridgehead atoms. The second-order valence-electron chi connectivity index (χ2n) is 5.57. The van der Waals surface area contributed by atoms with E-state index >= 15 is 0 Å². The molecule has 0 saturated carbocycles. The summed E-state index contributed by atoms with van der Waals surface area (Å²) in [6, 6.07) is 15.5. The summed E-state index contributed by atoms with van der Waals surface area (Å²) in [5.41, 5.74) is 3.74. The maximum Gasteiger partial charge on any atom is 0.237 e. The molecule has 0 saturated heterocycles. The third-order valence-electron chi connectivity index (χ3n) is 3.66. The molecule has 6 heteroatoms. The van der Waals surface area contributed by atoms with Crippen LogP contribution < -0.4 is 5.32 Å². The minimum Gasteiger partial charge on any atom is -0.325 e. The van der Waals surface area contributed by atoms with Gasteiger partial charge in [-0.05, 0) is 31.5 Å². The summed E-state index contributed by atoms with van der Waals surface area (Å²) in [5.74, 6) is -0.0631. The molecule has 1 N–H and O–H groups in total. The zero-order chi connectivity index (χ0) is 17.8. The zero-order valence-corrected chi connectivity index (χ0v) is 16.2. The number of hydrogen-bond donors (Lipinski definition) is 1. The summed E-state index contributed by atoms with van der Waals surface area (Å²) in [6.45, 7) is 3.82. The lowest BCUT2D eigenvalue weighted by molar-refractivity contribution is -0.115. The second-order valence-corrected chi connectivity index (χ2v) is 8.46. The maximum absolute atomic E-state index is 12.5. The minimum atomic E-state index is -0.256. The van der Waals surface area contributed by atoms with Crippen molar-refractivity contribution in [2.24, 2.45) is 0 Å². The standard InChI is InChI=1S/C19H17ClN2OS2/c1-12-8-9-15(20)10-16(12)21-18(23)13(2)25-19-22-17(11-24-19)14-6-4-3-5-7-14/h3-11,13H,1-2H3,(H,21,23). The average molecular weight is 389 g/mol. The van der Waals surface area contributed by atoms with Gasteiger partial charge in [0.25, 0.3) is 0 Å². The van der Waals surface area contributed by atoms with Crippen molar-refractivity contribution in [1.29, 1.82) is 0 Å². The SMILES string of the molecule is Cc1ccc(Cl)cc1NC(=O)C(C)Sc1nc(-c2ccccc2)cs1. The van der Waals surface area contributed by atoms with Gasteiger partial charge in [0, 0.05) is 21.7 Å². The van der Waals surface area contributed by atoms with Gasteiger partial charge in [-0.3, -0.25) is 4.79 Å². The summed E-state index contributed by atoms with van der Waals surface area (Å²) in [4.78, 5) is 17.1. The number of benzene rings is 2. The molecular weight excluding hydrogens is 372 g/mol. The van der Waals surface area contributed by atoms with E-state index in [1.54, 1.807) is 17.4 Å². The van der Waals surface area contributed by atoms with Crippen molar-refractivity contribution >= 4 is 46.3 Å². The Morgan fingerprint density at radius 2 is 2.00 bits per heavy atom. The lowest BCUT2D eigenvalue weighted by Crippen LogP contribution is -2.22. The quantitative estimate of drug-likeness (QED) is 0.554. The van der Waals surface area contributed by atoms with Gasteiger partial charge in [-0.25, -0.2) is 4.98 Å². The van der Waals surface area contributed by atoms with Crippen LogP contribution in [0.3, 0.4) is 0 Å². The van der Waals surface area contributed by atoms with Gasteiger partial charge in [-0.2, -0.15) is 0 Å². The number of halogens is 1. The highest BCUT2D eigenvalue weighted by molar-refractivity contribution is 8.02. The van der Waals surface area contributed by atoms with Gasteiger partial charge in [0.2, 0.25) is 5.91 Å². The lowest BCUT2D eigenvalue weighted by atomic mass is 10.2. The third-order valence-corrected chi connectivity index (χ3v) is 5.96. The molecular formula is C19H17ClN2OS2. The van der Waals surface area contributed by atoms with E-state index in [-0.39, 0.29) is 11.2 Å². The first kappa shape index (κ1) is 18.0. The topological polar surface area (TPSA) is 42.0 Å². The van der Waals surface area contributed by atoms with Gasteiger partial charge in [0.1, 0.15) is 0 Å². The number of aromatic nitrogens is 1. The molecule has 0 aliphatic heterocycles. The second kappa shape index (κ2) is 8.04. The molecule has 0 radical (unpaired) electrons. The van der Waals surface area contributed by atoms with Crippen LogP contribution in [-0.2, 0) is 4.79 Å². The van der Waals surface area contributed by atoms with E-state index in [1.165, 1.54) is 11.8 Å². The van der Waals surface area contributed by atoms with Crippen molar-refractivity contribution in [3.63, 3.8) is 0 Å². The fraction of sp³-hybridized carbons (Fsp3) is 0.158. The van der Waals surface area contributed by atoms with Crippen LogP contribution in [0.4, 0.5) is 5.69 Å². The Morgan fingerprint density at radius 3 is 2.76 bits per heavy atom. The molecule has 3 rings (SSSR count). The number of thiazole rings is 1.